The molecule has 178 valence electrons. The number of halogens is 1. The molecular formula is C27H27FN6O. The smallest absolute Gasteiger partial charge is 0.173 e. The third kappa shape index (κ3) is 3.61. The average Bonchev–Trinajstić information content (AvgIpc) is 3.56. The van der Waals surface area contributed by atoms with E-state index >= 15 is 0 Å². The second-order valence-corrected chi connectivity index (χ2v) is 9.06. The van der Waals surface area contributed by atoms with Gasteiger partial charge in [-0.05, 0) is 61.0 Å². The first kappa shape index (κ1) is 21.6. The summed E-state index contributed by atoms with van der Waals surface area (Å²) in [5.41, 5.74) is 11.1. The standard InChI is InChI=1S/C27H27FN6O/c1-32-23(11-13-30-27(32)29)26-25(17-3-5-19(28)6-4-17)31-24-10-7-20(34(24)26)16-33-14-12-18-15-21(35-2)8-9-22(18)33/h3-6,8-9,11-15,20,27H,7,10,16,29H2,1-2H3. The Balaban J connectivity index is 1.46. The van der Waals surface area contributed by atoms with E-state index < -0.39 is 6.29 Å². The molecule has 0 aliphatic carbocycles. The van der Waals surface area contributed by atoms with Gasteiger partial charge in [0.15, 0.2) is 6.29 Å². The maximum Gasteiger partial charge on any atom is 0.173 e. The number of rotatable bonds is 5. The second-order valence-electron chi connectivity index (χ2n) is 9.06. The number of hydrogen-bond acceptors (Lipinski definition) is 5. The van der Waals surface area contributed by atoms with Gasteiger partial charge in [0.05, 0.1) is 30.2 Å². The van der Waals surface area contributed by atoms with Crippen LogP contribution in [0.25, 0.3) is 27.9 Å². The molecule has 6 rings (SSSR count). The van der Waals surface area contributed by atoms with E-state index in [4.69, 9.17) is 15.5 Å². The molecule has 2 aliphatic rings. The summed E-state index contributed by atoms with van der Waals surface area (Å²) in [6, 6.07) is 15.0. The summed E-state index contributed by atoms with van der Waals surface area (Å²) in [7, 11) is 3.63. The summed E-state index contributed by atoms with van der Waals surface area (Å²) >= 11 is 0. The molecule has 0 saturated heterocycles. The topological polar surface area (TPSA) is 73.6 Å². The van der Waals surface area contributed by atoms with Crippen LogP contribution >= 0.6 is 0 Å². The molecule has 7 nitrogen and oxygen atoms in total. The maximum atomic E-state index is 13.7. The monoisotopic (exact) mass is 470 g/mol. The Morgan fingerprint density at radius 2 is 1.97 bits per heavy atom. The molecule has 35 heavy (non-hydrogen) atoms. The van der Waals surface area contributed by atoms with E-state index in [0.717, 1.165) is 59.0 Å². The van der Waals surface area contributed by atoms with E-state index in [1.807, 2.05) is 24.1 Å². The van der Waals surface area contributed by atoms with Crippen LogP contribution in [0.15, 0.2) is 65.8 Å². The third-order valence-corrected chi connectivity index (χ3v) is 7.04. The molecule has 0 bridgehead atoms. The Bertz CT molecular complexity index is 1470. The van der Waals surface area contributed by atoms with E-state index in [-0.39, 0.29) is 11.9 Å². The van der Waals surface area contributed by atoms with E-state index in [1.54, 1.807) is 25.5 Å². The number of methoxy groups -OCH3 is 1. The van der Waals surface area contributed by atoms with E-state index in [1.165, 1.54) is 17.6 Å². The van der Waals surface area contributed by atoms with Gasteiger partial charge < -0.3 is 18.8 Å². The normalized spacial score (nSPS) is 19.3. The summed E-state index contributed by atoms with van der Waals surface area (Å²) < 4.78 is 23.7. The van der Waals surface area contributed by atoms with Crippen LogP contribution in [0.3, 0.4) is 0 Å². The fraction of sp³-hybridized carbons (Fsp3) is 0.259. The van der Waals surface area contributed by atoms with Crippen molar-refractivity contribution in [3.63, 3.8) is 0 Å². The van der Waals surface area contributed by atoms with Crippen molar-refractivity contribution in [2.45, 2.75) is 31.7 Å². The molecule has 2 aliphatic heterocycles. The molecule has 2 N–H and O–H groups in total. The third-order valence-electron chi connectivity index (χ3n) is 7.04. The van der Waals surface area contributed by atoms with Crippen LogP contribution in [-0.2, 0) is 13.0 Å². The average molecular weight is 471 g/mol. The van der Waals surface area contributed by atoms with Crippen LogP contribution < -0.4 is 10.5 Å². The number of hydrogen-bond donors (Lipinski definition) is 1. The minimum Gasteiger partial charge on any atom is -0.497 e. The SMILES string of the molecule is COc1ccc2c(ccn2CC2CCc3nc(-c4ccc(F)cc4)c(C4=CC=NC(N)N4C)n32)c1. The summed E-state index contributed by atoms with van der Waals surface area (Å²) in [5, 5.41) is 1.15. The van der Waals surface area contributed by atoms with Crippen molar-refractivity contribution in [1.82, 2.24) is 19.0 Å². The van der Waals surface area contributed by atoms with Crippen LogP contribution in [0.2, 0.25) is 0 Å². The van der Waals surface area contributed by atoms with Crippen molar-refractivity contribution >= 4 is 22.8 Å². The van der Waals surface area contributed by atoms with Gasteiger partial charge in [-0.1, -0.05) is 0 Å². The van der Waals surface area contributed by atoms with Gasteiger partial charge in [-0.25, -0.2) is 9.37 Å². The number of ether oxygens (including phenoxy) is 1. The van der Waals surface area contributed by atoms with Gasteiger partial charge in [0, 0.05) is 48.9 Å². The first-order valence-electron chi connectivity index (χ1n) is 11.8. The molecule has 2 atom stereocenters. The molecule has 2 aromatic carbocycles. The van der Waals surface area contributed by atoms with Crippen LogP contribution in [0.5, 0.6) is 5.75 Å². The zero-order chi connectivity index (χ0) is 24.1. The van der Waals surface area contributed by atoms with Crippen molar-refractivity contribution in [3.8, 4) is 17.0 Å². The molecule has 2 unspecified atom stereocenters. The van der Waals surface area contributed by atoms with E-state index in [0.29, 0.717) is 0 Å². The number of benzene rings is 2. The highest BCUT2D eigenvalue weighted by Crippen LogP contribution is 2.40. The molecule has 4 heterocycles. The number of imidazole rings is 1. The molecule has 0 fully saturated rings. The molecule has 0 amide bonds. The summed E-state index contributed by atoms with van der Waals surface area (Å²) in [6.07, 6.45) is 7.27. The Hall–Kier alpha value is -3.91. The number of fused-ring (bicyclic) bond motifs is 2. The lowest BCUT2D eigenvalue weighted by atomic mass is 10.1. The Kier molecular flexibility index (Phi) is 5.18. The van der Waals surface area contributed by atoms with Gasteiger partial charge in [-0.15, -0.1) is 0 Å². The highest BCUT2D eigenvalue weighted by molar-refractivity contribution is 5.88. The maximum absolute atomic E-state index is 13.7. The fourth-order valence-corrected chi connectivity index (χ4v) is 5.20. The van der Waals surface area contributed by atoms with E-state index in [9.17, 15) is 4.39 Å². The lowest BCUT2D eigenvalue weighted by Crippen LogP contribution is -2.38. The highest BCUT2D eigenvalue weighted by atomic mass is 19.1. The number of aryl methyl sites for hydroxylation is 1. The largest absolute Gasteiger partial charge is 0.497 e. The lowest BCUT2D eigenvalue weighted by Gasteiger charge is -2.30. The first-order valence-corrected chi connectivity index (χ1v) is 11.8. The lowest BCUT2D eigenvalue weighted by molar-refractivity contribution is 0.359. The van der Waals surface area contributed by atoms with Gasteiger partial charge >= 0.3 is 0 Å². The number of aliphatic imine (C=N–C) groups is 1. The van der Waals surface area contributed by atoms with Crippen molar-refractivity contribution in [3.05, 3.63) is 78.1 Å². The molecule has 4 aromatic rings. The number of nitrogens with two attached hydrogens (primary N) is 1. The van der Waals surface area contributed by atoms with Gasteiger partial charge in [0.2, 0.25) is 0 Å². The van der Waals surface area contributed by atoms with Crippen LogP contribution in [0.1, 0.15) is 24.0 Å². The van der Waals surface area contributed by atoms with Crippen molar-refractivity contribution in [2.24, 2.45) is 10.7 Å². The van der Waals surface area contributed by atoms with Crippen molar-refractivity contribution in [1.29, 1.82) is 0 Å². The van der Waals surface area contributed by atoms with Gasteiger partial charge in [0.1, 0.15) is 17.4 Å². The van der Waals surface area contributed by atoms with Crippen LogP contribution in [0.4, 0.5) is 4.39 Å². The summed E-state index contributed by atoms with van der Waals surface area (Å²) in [4.78, 5) is 11.3. The molecular weight excluding hydrogens is 443 g/mol. The van der Waals surface area contributed by atoms with E-state index in [2.05, 4.69) is 38.5 Å². The van der Waals surface area contributed by atoms with Crippen LogP contribution in [-0.4, -0.2) is 45.7 Å². The zero-order valence-electron chi connectivity index (χ0n) is 19.7. The predicted octanol–water partition coefficient (Wildman–Crippen LogP) is 4.44. The molecule has 2 aromatic heterocycles. The van der Waals surface area contributed by atoms with Crippen molar-refractivity contribution in [2.75, 3.05) is 14.2 Å². The fourth-order valence-electron chi connectivity index (χ4n) is 5.20. The van der Waals surface area contributed by atoms with Crippen molar-refractivity contribution < 1.29 is 9.13 Å². The van der Waals surface area contributed by atoms with Gasteiger partial charge in [-0.3, -0.25) is 10.7 Å². The minimum atomic E-state index is -0.467. The molecule has 8 heteroatoms. The molecule has 0 saturated carbocycles. The van der Waals surface area contributed by atoms with Gasteiger partial charge in [-0.2, -0.15) is 0 Å². The Labute approximate surface area is 203 Å². The highest BCUT2D eigenvalue weighted by Gasteiger charge is 2.33. The van der Waals surface area contributed by atoms with Crippen LogP contribution in [0, 0.1) is 5.82 Å². The summed E-state index contributed by atoms with van der Waals surface area (Å²) in [5.74, 6) is 1.62. The number of allylic oxidation sites excluding steroid dienone is 1. The van der Waals surface area contributed by atoms with Gasteiger partial charge in [0.25, 0.3) is 0 Å². The quantitative estimate of drug-likeness (QED) is 0.468. The second kappa shape index (κ2) is 8.39. The molecule has 0 spiro atoms. The minimum absolute atomic E-state index is 0.212. The predicted molar refractivity (Wildman–Crippen MR) is 136 cm³/mol. The number of nitrogens with zero attached hydrogens (tertiary/aromatic N) is 5. The Morgan fingerprint density at radius 3 is 2.77 bits per heavy atom. The zero-order valence-corrected chi connectivity index (χ0v) is 19.7. The number of aromatic nitrogens is 3. The summed E-state index contributed by atoms with van der Waals surface area (Å²) in [6.45, 7) is 0.812. The first-order chi connectivity index (χ1) is 17.0. The molecule has 0 radical (unpaired) electrons. The Morgan fingerprint density at radius 1 is 1.14 bits per heavy atom.